The van der Waals surface area contributed by atoms with Gasteiger partial charge in [0.05, 0.1) is 0 Å². The van der Waals surface area contributed by atoms with Crippen LogP contribution < -0.4 is 5.73 Å². The number of hydrogen-bond donors (Lipinski definition) is 2. The summed E-state index contributed by atoms with van der Waals surface area (Å²) in [7, 11) is 0. The second kappa shape index (κ2) is 4.69. The van der Waals surface area contributed by atoms with Crippen LogP contribution in [0.25, 0.3) is 0 Å². The molecule has 0 aliphatic carbocycles. The largest absolute Gasteiger partial charge is 2.00 e. The van der Waals surface area contributed by atoms with Crippen molar-refractivity contribution in [2.45, 2.75) is 13.2 Å². The molecule has 0 bridgehead atoms. The van der Waals surface area contributed by atoms with E-state index in [1.54, 1.807) is 6.92 Å². The SMILES string of the molecule is CC([NH3+])O.[Mg+2]. The number of quaternary nitrogens is 1. The van der Waals surface area contributed by atoms with Gasteiger partial charge in [0, 0.05) is 6.92 Å². The van der Waals surface area contributed by atoms with Gasteiger partial charge in [-0.3, -0.25) is 0 Å². The Morgan fingerprint density at radius 2 is 1.80 bits per heavy atom. The monoisotopic (exact) mass is 86.0 g/mol. The standard InChI is InChI=1S/C2H7NO.Mg/c1-2(3)4;/h2,4H,3H2,1H3;/q;+2/p+1. The van der Waals surface area contributed by atoms with Crippen LogP contribution in [-0.2, 0) is 0 Å². The van der Waals surface area contributed by atoms with Crippen molar-refractivity contribution < 1.29 is 10.8 Å². The fourth-order valence-electron chi connectivity index (χ4n) is 0. The molecule has 3 heteroatoms. The van der Waals surface area contributed by atoms with E-state index in [2.05, 4.69) is 5.73 Å². The molecule has 26 valence electrons. The fraction of sp³-hybridized carbons (Fsp3) is 1.00. The van der Waals surface area contributed by atoms with Gasteiger partial charge in [0.2, 0.25) is 0 Å². The van der Waals surface area contributed by atoms with E-state index in [1.807, 2.05) is 0 Å². The maximum atomic E-state index is 7.94. The summed E-state index contributed by atoms with van der Waals surface area (Å²) in [4.78, 5) is 0. The maximum Gasteiger partial charge on any atom is 2.00 e. The first kappa shape index (κ1) is 9.19. The molecule has 0 aromatic heterocycles. The fourth-order valence-corrected chi connectivity index (χ4v) is 0. The summed E-state index contributed by atoms with van der Waals surface area (Å²) in [6.45, 7) is 1.61. The molecule has 0 aromatic rings. The van der Waals surface area contributed by atoms with Crippen molar-refractivity contribution in [3.63, 3.8) is 0 Å². The van der Waals surface area contributed by atoms with Crippen LogP contribution >= 0.6 is 0 Å². The third-order valence-corrected chi connectivity index (χ3v) is 0. The van der Waals surface area contributed by atoms with Crippen LogP contribution in [0.1, 0.15) is 6.92 Å². The Hall–Kier alpha value is 0.686. The van der Waals surface area contributed by atoms with Gasteiger partial charge in [-0.05, 0) is 0 Å². The van der Waals surface area contributed by atoms with E-state index in [9.17, 15) is 0 Å². The minimum absolute atomic E-state index is 0. The van der Waals surface area contributed by atoms with E-state index < -0.39 is 6.23 Å². The molecule has 1 unspecified atom stereocenters. The predicted octanol–water partition coefficient (Wildman–Crippen LogP) is -1.81. The van der Waals surface area contributed by atoms with Gasteiger partial charge in [0.1, 0.15) is 0 Å². The molecule has 0 aliphatic rings. The van der Waals surface area contributed by atoms with Crippen LogP contribution in [0.5, 0.6) is 0 Å². The molecule has 0 rings (SSSR count). The smallest absolute Gasteiger partial charge is 0.345 e. The Labute approximate surface area is 47.5 Å². The summed E-state index contributed by atoms with van der Waals surface area (Å²) in [5.41, 5.74) is 3.19. The maximum absolute atomic E-state index is 7.94. The summed E-state index contributed by atoms with van der Waals surface area (Å²) in [6.07, 6.45) is -0.417. The predicted molar refractivity (Wildman–Crippen MR) is 20.3 cm³/mol. The van der Waals surface area contributed by atoms with Crippen molar-refractivity contribution in [2.24, 2.45) is 0 Å². The molecule has 0 aliphatic heterocycles. The average molecular weight is 86.4 g/mol. The third kappa shape index (κ3) is 71.8. The minimum Gasteiger partial charge on any atom is -0.345 e. The second-order valence-corrected chi connectivity index (χ2v) is 0.849. The zero-order valence-electron chi connectivity index (χ0n) is 3.44. The molecule has 0 radical (unpaired) electrons. The molecule has 0 saturated heterocycles. The number of aliphatic hydroxyl groups is 1. The molecule has 1 atom stereocenters. The number of aliphatic hydroxyl groups excluding tert-OH is 1. The van der Waals surface area contributed by atoms with E-state index in [0.717, 1.165) is 0 Å². The molecule has 0 saturated carbocycles. The topological polar surface area (TPSA) is 47.9 Å². The average Bonchev–Trinajstić information content (AvgIpc) is 0.811. The van der Waals surface area contributed by atoms with Gasteiger partial charge in [-0.15, -0.1) is 0 Å². The molecule has 0 spiro atoms. The molecule has 0 amide bonds. The van der Waals surface area contributed by atoms with Crippen LogP contribution in [0.3, 0.4) is 0 Å². The van der Waals surface area contributed by atoms with Crippen LogP contribution in [0.15, 0.2) is 0 Å². The van der Waals surface area contributed by atoms with E-state index in [-0.39, 0.29) is 23.1 Å². The molecule has 4 N–H and O–H groups in total. The van der Waals surface area contributed by atoms with E-state index in [4.69, 9.17) is 5.11 Å². The Morgan fingerprint density at radius 1 is 1.80 bits per heavy atom. The van der Waals surface area contributed by atoms with Gasteiger partial charge >= 0.3 is 23.1 Å². The first-order valence-corrected chi connectivity index (χ1v) is 1.24. The van der Waals surface area contributed by atoms with E-state index in [1.165, 1.54) is 0 Å². The van der Waals surface area contributed by atoms with Crippen LogP contribution in [0.4, 0.5) is 0 Å². The van der Waals surface area contributed by atoms with Crippen LogP contribution in [0.2, 0.25) is 0 Å². The van der Waals surface area contributed by atoms with Gasteiger partial charge in [-0.1, -0.05) is 0 Å². The minimum atomic E-state index is -0.417. The van der Waals surface area contributed by atoms with Gasteiger partial charge < -0.3 is 10.8 Å². The molecular weight excluding hydrogens is 78.3 g/mol. The molecule has 0 heterocycles. The van der Waals surface area contributed by atoms with Crippen molar-refractivity contribution in [3.05, 3.63) is 0 Å². The normalized spacial score (nSPS) is 12.6. The Kier molecular flexibility index (Phi) is 8.61. The molecular formula is C2H8MgNO+3. The van der Waals surface area contributed by atoms with Crippen LogP contribution in [-0.4, -0.2) is 34.4 Å². The van der Waals surface area contributed by atoms with Gasteiger partial charge in [0.15, 0.2) is 6.23 Å². The summed E-state index contributed by atoms with van der Waals surface area (Å²) in [5, 5.41) is 7.94. The summed E-state index contributed by atoms with van der Waals surface area (Å²) >= 11 is 0. The van der Waals surface area contributed by atoms with E-state index >= 15 is 0 Å². The zero-order chi connectivity index (χ0) is 3.58. The van der Waals surface area contributed by atoms with Gasteiger partial charge in [-0.2, -0.15) is 0 Å². The summed E-state index contributed by atoms with van der Waals surface area (Å²) in [6, 6.07) is 0. The van der Waals surface area contributed by atoms with E-state index in [0.29, 0.717) is 0 Å². The van der Waals surface area contributed by atoms with Gasteiger partial charge in [0.25, 0.3) is 0 Å². The molecule has 2 nitrogen and oxygen atoms in total. The van der Waals surface area contributed by atoms with Crippen molar-refractivity contribution in [2.75, 3.05) is 0 Å². The Balaban J connectivity index is 0. The third-order valence-electron chi connectivity index (χ3n) is 0. The summed E-state index contributed by atoms with van der Waals surface area (Å²) < 4.78 is 0. The number of hydrogen-bond acceptors (Lipinski definition) is 1. The van der Waals surface area contributed by atoms with Gasteiger partial charge in [-0.25, -0.2) is 0 Å². The number of rotatable bonds is 0. The molecule has 5 heavy (non-hydrogen) atoms. The Morgan fingerprint density at radius 3 is 1.80 bits per heavy atom. The quantitative estimate of drug-likeness (QED) is 0.265. The van der Waals surface area contributed by atoms with Crippen molar-refractivity contribution >= 4 is 23.1 Å². The molecule has 0 fully saturated rings. The first-order valence-electron chi connectivity index (χ1n) is 1.24. The van der Waals surface area contributed by atoms with Crippen molar-refractivity contribution in [1.29, 1.82) is 0 Å². The first-order chi connectivity index (χ1) is 1.73. The van der Waals surface area contributed by atoms with Crippen molar-refractivity contribution in [3.8, 4) is 0 Å². The van der Waals surface area contributed by atoms with Crippen molar-refractivity contribution in [1.82, 2.24) is 0 Å². The zero-order valence-corrected chi connectivity index (χ0v) is 4.85. The second-order valence-electron chi connectivity index (χ2n) is 0.849. The van der Waals surface area contributed by atoms with Crippen LogP contribution in [0, 0.1) is 0 Å². The molecule has 0 aromatic carbocycles. The Bertz CT molecular complexity index is 14.4. The summed E-state index contributed by atoms with van der Waals surface area (Å²) in [5.74, 6) is 0.